The number of amides is 1. The van der Waals surface area contributed by atoms with E-state index in [9.17, 15) is 4.79 Å². The molecule has 4 rings (SSSR count). The summed E-state index contributed by atoms with van der Waals surface area (Å²) in [5.74, 6) is 0.280. The molecule has 0 aliphatic carbocycles. The predicted octanol–water partition coefficient (Wildman–Crippen LogP) is 4.48. The molecule has 0 fully saturated rings. The maximum atomic E-state index is 13.2. The van der Waals surface area contributed by atoms with Crippen molar-refractivity contribution < 1.29 is 4.79 Å². The van der Waals surface area contributed by atoms with Crippen LogP contribution in [-0.2, 0) is 6.54 Å². The summed E-state index contributed by atoms with van der Waals surface area (Å²) in [6.07, 6.45) is 5.29. The van der Waals surface area contributed by atoms with Gasteiger partial charge in [-0.15, -0.1) is 0 Å². The topological polar surface area (TPSA) is 59.0 Å². The number of carbonyl (C=O) groups is 1. The molecule has 1 amide bonds. The molecule has 0 spiro atoms. The lowest BCUT2D eigenvalue weighted by Crippen LogP contribution is -2.34. The van der Waals surface area contributed by atoms with Crippen LogP contribution in [0, 0.1) is 5.92 Å². The fraction of sp³-hybridized carbons (Fsp3) is 0.217. The highest BCUT2D eigenvalue weighted by Crippen LogP contribution is 2.17. The van der Waals surface area contributed by atoms with Crippen LogP contribution in [0.2, 0.25) is 0 Å². The van der Waals surface area contributed by atoms with Crippen molar-refractivity contribution >= 4 is 27.7 Å². The van der Waals surface area contributed by atoms with Crippen molar-refractivity contribution in [2.24, 2.45) is 5.92 Å². The Bertz CT molecular complexity index is 1140. The monoisotopic (exact) mass is 370 g/mol. The number of pyridine rings is 3. The van der Waals surface area contributed by atoms with Gasteiger partial charge in [-0.1, -0.05) is 32.0 Å². The molecule has 5 nitrogen and oxygen atoms in total. The van der Waals surface area contributed by atoms with Gasteiger partial charge >= 0.3 is 0 Å². The van der Waals surface area contributed by atoms with Crippen molar-refractivity contribution in [1.29, 1.82) is 0 Å². The molecule has 3 heterocycles. The highest BCUT2D eigenvalue weighted by atomic mass is 16.2. The van der Waals surface area contributed by atoms with Gasteiger partial charge in [0.05, 0.1) is 11.0 Å². The van der Waals surface area contributed by atoms with Crippen LogP contribution in [-0.4, -0.2) is 32.3 Å². The molecule has 0 radical (unpaired) electrons. The van der Waals surface area contributed by atoms with E-state index >= 15 is 0 Å². The third-order valence-electron chi connectivity index (χ3n) is 4.60. The van der Waals surface area contributed by atoms with Gasteiger partial charge in [0.2, 0.25) is 0 Å². The summed E-state index contributed by atoms with van der Waals surface area (Å²) in [7, 11) is 0. The number of hydrogen-bond donors (Lipinski definition) is 0. The van der Waals surface area contributed by atoms with E-state index in [1.807, 2.05) is 47.5 Å². The number of fused-ring (bicyclic) bond motifs is 2. The lowest BCUT2D eigenvalue weighted by atomic mass is 10.1. The summed E-state index contributed by atoms with van der Waals surface area (Å²) in [5.41, 5.74) is 3.20. The van der Waals surface area contributed by atoms with Crippen molar-refractivity contribution in [2.45, 2.75) is 20.4 Å². The van der Waals surface area contributed by atoms with E-state index in [0.717, 1.165) is 27.4 Å². The van der Waals surface area contributed by atoms with Gasteiger partial charge in [0.25, 0.3) is 5.91 Å². The quantitative estimate of drug-likeness (QED) is 0.520. The molecule has 0 unspecified atom stereocenters. The molecule has 28 heavy (non-hydrogen) atoms. The van der Waals surface area contributed by atoms with Crippen molar-refractivity contribution in [3.63, 3.8) is 0 Å². The second-order valence-corrected chi connectivity index (χ2v) is 7.38. The fourth-order valence-corrected chi connectivity index (χ4v) is 3.33. The first-order valence-electron chi connectivity index (χ1n) is 9.44. The van der Waals surface area contributed by atoms with Gasteiger partial charge in [0.15, 0.2) is 0 Å². The SMILES string of the molecule is CC(C)CN(Cc1cnc2ccccc2c1)C(=O)c1ccc2cnccc2n1. The number of nitrogens with zero attached hydrogens (tertiary/aromatic N) is 4. The summed E-state index contributed by atoms with van der Waals surface area (Å²) in [6, 6.07) is 15.6. The molecular formula is C23H22N4O. The maximum absolute atomic E-state index is 13.2. The van der Waals surface area contributed by atoms with Gasteiger partial charge in [-0.2, -0.15) is 0 Å². The molecular weight excluding hydrogens is 348 g/mol. The number of carbonyl (C=O) groups excluding carboxylic acids is 1. The highest BCUT2D eigenvalue weighted by Gasteiger charge is 2.19. The molecule has 0 aliphatic rings. The normalized spacial score (nSPS) is 11.2. The van der Waals surface area contributed by atoms with E-state index in [2.05, 4.69) is 34.9 Å². The zero-order chi connectivity index (χ0) is 19.5. The Balaban J connectivity index is 1.64. The van der Waals surface area contributed by atoms with Gasteiger partial charge < -0.3 is 4.90 Å². The van der Waals surface area contributed by atoms with E-state index in [-0.39, 0.29) is 5.91 Å². The Morgan fingerprint density at radius 3 is 2.71 bits per heavy atom. The second kappa shape index (κ2) is 7.72. The fourth-order valence-electron chi connectivity index (χ4n) is 3.33. The minimum absolute atomic E-state index is 0.0689. The molecule has 0 bridgehead atoms. The van der Waals surface area contributed by atoms with Crippen LogP contribution < -0.4 is 0 Å². The van der Waals surface area contributed by atoms with Crippen LogP contribution in [0.3, 0.4) is 0 Å². The average Bonchev–Trinajstić information content (AvgIpc) is 2.72. The summed E-state index contributed by atoms with van der Waals surface area (Å²) < 4.78 is 0. The Labute approximate surface area is 164 Å². The Kier molecular flexibility index (Phi) is 4.98. The van der Waals surface area contributed by atoms with E-state index in [0.29, 0.717) is 24.7 Å². The zero-order valence-electron chi connectivity index (χ0n) is 16.0. The average molecular weight is 370 g/mol. The minimum Gasteiger partial charge on any atom is -0.333 e. The molecule has 0 atom stereocenters. The number of benzene rings is 1. The van der Waals surface area contributed by atoms with E-state index in [1.54, 1.807) is 18.5 Å². The summed E-state index contributed by atoms with van der Waals surface area (Å²) in [6.45, 7) is 5.38. The number of rotatable bonds is 5. The molecule has 0 aliphatic heterocycles. The van der Waals surface area contributed by atoms with Gasteiger partial charge in [-0.25, -0.2) is 4.98 Å². The molecule has 0 saturated carbocycles. The molecule has 4 aromatic rings. The van der Waals surface area contributed by atoms with Gasteiger partial charge in [0, 0.05) is 42.5 Å². The van der Waals surface area contributed by atoms with E-state index in [1.165, 1.54) is 0 Å². The lowest BCUT2D eigenvalue weighted by molar-refractivity contribution is 0.0717. The van der Waals surface area contributed by atoms with Gasteiger partial charge in [0.1, 0.15) is 5.69 Å². The predicted molar refractivity (Wildman–Crippen MR) is 111 cm³/mol. The van der Waals surface area contributed by atoms with Gasteiger partial charge in [-0.05, 0) is 41.8 Å². The minimum atomic E-state index is -0.0689. The zero-order valence-corrected chi connectivity index (χ0v) is 16.0. The first-order chi connectivity index (χ1) is 13.6. The molecule has 3 aromatic heterocycles. The Morgan fingerprint density at radius 1 is 1.00 bits per heavy atom. The molecule has 1 aromatic carbocycles. The van der Waals surface area contributed by atoms with Crippen LogP contribution in [0.5, 0.6) is 0 Å². The summed E-state index contributed by atoms with van der Waals surface area (Å²) >= 11 is 0. The molecule has 5 heteroatoms. The smallest absolute Gasteiger partial charge is 0.272 e. The number of aromatic nitrogens is 3. The van der Waals surface area contributed by atoms with E-state index < -0.39 is 0 Å². The van der Waals surface area contributed by atoms with E-state index in [4.69, 9.17) is 0 Å². The first kappa shape index (κ1) is 18.0. The Morgan fingerprint density at radius 2 is 1.86 bits per heavy atom. The van der Waals surface area contributed by atoms with Crippen molar-refractivity contribution in [2.75, 3.05) is 6.54 Å². The standard InChI is InChI=1S/C23H22N4O/c1-16(2)14-27(15-17-11-18-5-3-4-6-20(18)25-12-17)23(28)22-8-7-19-13-24-10-9-21(19)26-22/h3-13,16H,14-15H2,1-2H3. The van der Waals surface area contributed by atoms with Gasteiger partial charge in [-0.3, -0.25) is 14.8 Å². The maximum Gasteiger partial charge on any atom is 0.272 e. The molecule has 0 N–H and O–H groups in total. The van der Waals surface area contributed by atoms with Crippen molar-refractivity contribution in [3.8, 4) is 0 Å². The lowest BCUT2D eigenvalue weighted by Gasteiger charge is -2.24. The third kappa shape index (κ3) is 3.83. The second-order valence-electron chi connectivity index (χ2n) is 7.38. The summed E-state index contributed by atoms with van der Waals surface area (Å²) in [5, 5.41) is 2.00. The van der Waals surface area contributed by atoms with Crippen LogP contribution >= 0.6 is 0 Å². The van der Waals surface area contributed by atoms with Crippen LogP contribution in [0.15, 0.2) is 67.1 Å². The number of hydrogen-bond acceptors (Lipinski definition) is 4. The molecule has 0 saturated heterocycles. The van der Waals surface area contributed by atoms with Crippen LogP contribution in [0.25, 0.3) is 21.8 Å². The number of para-hydroxylation sites is 1. The largest absolute Gasteiger partial charge is 0.333 e. The first-order valence-corrected chi connectivity index (χ1v) is 9.44. The highest BCUT2D eigenvalue weighted by molar-refractivity contribution is 5.94. The summed E-state index contributed by atoms with van der Waals surface area (Å²) in [4.78, 5) is 28.2. The third-order valence-corrected chi connectivity index (χ3v) is 4.60. The van der Waals surface area contributed by atoms with Crippen molar-refractivity contribution in [1.82, 2.24) is 19.9 Å². The Hall–Kier alpha value is -3.34. The van der Waals surface area contributed by atoms with Crippen LogP contribution in [0.1, 0.15) is 29.9 Å². The van der Waals surface area contributed by atoms with Crippen molar-refractivity contribution in [3.05, 3.63) is 78.4 Å². The molecule has 140 valence electrons. The van der Waals surface area contributed by atoms with Crippen LogP contribution in [0.4, 0.5) is 0 Å².